The van der Waals surface area contributed by atoms with Crippen LogP contribution in [0.3, 0.4) is 0 Å². The summed E-state index contributed by atoms with van der Waals surface area (Å²) >= 11 is 0. The predicted molar refractivity (Wildman–Crippen MR) is 51.8 cm³/mol. The summed E-state index contributed by atoms with van der Waals surface area (Å²) in [4.78, 5) is 0. The topological polar surface area (TPSA) is 9.23 Å². The second-order valence-corrected chi connectivity index (χ2v) is 8.94. The predicted octanol–water partition coefficient (Wildman–Crippen LogP) is 2.40. The average Bonchev–Trinajstić information content (AvgIpc) is 1.89. The minimum atomic E-state index is -1.02. The van der Waals surface area contributed by atoms with Crippen molar-refractivity contribution in [3.8, 4) is 0 Å². The zero-order valence-corrected chi connectivity index (χ0v) is 8.90. The van der Waals surface area contributed by atoms with Crippen LogP contribution in [-0.2, 0) is 4.74 Å². The Labute approximate surface area is 65.5 Å². The molecule has 0 aromatic rings. The molecule has 0 aliphatic rings. The summed E-state index contributed by atoms with van der Waals surface area (Å²) in [5, 5.41) is 0. The van der Waals surface area contributed by atoms with Gasteiger partial charge in [0.15, 0.2) is 0 Å². The van der Waals surface area contributed by atoms with Crippen LogP contribution >= 0.6 is 7.26 Å². The molecule has 1 unspecified atom stereocenters. The Morgan fingerprint density at radius 2 is 1.80 bits per heavy atom. The van der Waals surface area contributed by atoms with Crippen LogP contribution in [-0.4, -0.2) is 31.9 Å². The molecule has 0 heterocycles. The van der Waals surface area contributed by atoms with Crippen LogP contribution in [0.25, 0.3) is 0 Å². The quantitative estimate of drug-likeness (QED) is 0.580. The van der Waals surface area contributed by atoms with E-state index in [1.807, 2.05) is 0 Å². The van der Waals surface area contributed by atoms with Crippen LogP contribution in [0.15, 0.2) is 0 Å². The van der Waals surface area contributed by atoms with E-state index in [9.17, 15) is 0 Å². The summed E-state index contributed by atoms with van der Waals surface area (Å²) in [6.07, 6.45) is 1.31. The maximum atomic E-state index is 5.56. The molecule has 0 aliphatic heterocycles. The van der Waals surface area contributed by atoms with Crippen molar-refractivity contribution >= 4 is 7.26 Å². The van der Waals surface area contributed by atoms with Gasteiger partial charge in [-0.25, -0.2) is 0 Å². The van der Waals surface area contributed by atoms with E-state index < -0.39 is 7.26 Å². The summed E-state index contributed by atoms with van der Waals surface area (Å²) in [6, 6.07) is 0. The van der Waals surface area contributed by atoms with Crippen molar-refractivity contribution < 1.29 is 4.74 Å². The third-order valence-electron chi connectivity index (χ3n) is 2.43. The SMILES string of the molecule is CCOC(C)[PH](C)(C)CC. The first-order valence-electron chi connectivity index (χ1n) is 4.16. The van der Waals surface area contributed by atoms with Crippen LogP contribution in [0.2, 0.25) is 0 Å². The van der Waals surface area contributed by atoms with E-state index in [4.69, 9.17) is 4.74 Å². The third kappa shape index (κ3) is 2.98. The molecule has 1 atom stereocenters. The fraction of sp³-hybridized carbons (Fsp3) is 1.00. The molecule has 0 fully saturated rings. The molecule has 64 valence electrons. The summed E-state index contributed by atoms with van der Waals surface area (Å²) in [5.41, 5.74) is 0. The van der Waals surface area contributed by atoms with Crippen LogP contribution in [0.1, 0.15) is 20.8 Å². The van der Waals surface area contributed by atoms with Crippen LogP contribution in [0.5, 0.6) is 0 Å². The molecule has 0 aliphatic carbocycles. The van der Waals surface area contributed by atoms with Gasteiger partial charge < -0.3 is 0 Å². The van der Waals surface area contributed by atoms with Gasteiger partial charge in [0.25, 0.3) is 0 Å². The summed E-state index contributed by atoms with van der Waals surface area (Å²) in [7, 11) is -1.02. The molecule has 1 nitrogen and oxygen atoms in total. The van der Waals surface area contributed by atoms with Gasteiger partial charge in [-0.3, -0.25) is 0 Å². The van der Waals surface area contributed by atoms with Gasteiger partial charge in [0.1, 0.15) is 0 Å². The summed E-state index contributed by atoms with van der Waals surface area (Å²) in [5.74, 6) is 0.516. The number of hydrogen-bond acceptors (Lipinski definition) is 1. The fourth-order valence-corrected chi connectivity index (χ4v) is 1.96. The Hall–Kier alpha value is 0.390. The second-order valence-electron chi connectivity index (χ2n) is 3.44. The number of rotatable bonds is 4. The van der Waals surface area contributed by atoms with Gasteiger partial charge in [-0.05, 0) is 0 Å². The maximum absolute atomic E-state index is 5.56. The molecule has 0 spiro atoms. The van der Waals surface area contributed by atoms with Crippen molar-refractivity contribution in [2.45, 2.75) is 26.6 Å². The van der Waals surface area contributed by atoms with Crippen molar-refractivity contribution in [1.82, 2.24) is 0 Å². The molecule has 0 radical (unpaired) electrons. The van der Waals surface area contributed by atoms with Crippen LogP contribution in [0, 0.1) is 0 Å². The first kappa shape index (κ1) is 10.4. The fourth-order valence-electron chi connectivity index (χ4n) is 0.763. The van der Waals surface area contributed by atoms with E-state index >= 15 is 0 Å². The van der Waals surface area contributed by atoms with Gasteiger partial charge in [-0.15, -0.1) is 0 Å². The molecule has 0 rings (SSSR count). The monoisotopic (exact) mass is 164 g/mol. The van der Waals surface area contributed by atoms with Gasteiger partial charge in [-0.2, -0.15) is 0 Å². The van der Waals surface area contributed by atoms with Crippen molar-refractivity contribution in [3.63, 3.8) is 0 Å². The molecule has 10 heavy (non-hydrogen) atoms. The second kappa shape index (κ2) is 4.31. The zero-order valence-electron chi connectivity index (χ0n) is 7.90. The average molecular weight is 164 g/mol. The zero-order chi connectivity index (χ0) is 8.20. The normalized spacial score (nSPS) is 16.9. The number of ether oxygens (including phenoxy) is 1. The van der Waals surface area contributed by atoms with Crippen LogP contribution < -0.4 is 0 Å². The van der Waals surface area contributed by atoms with Gasteiger partial charge >= 0.3 is 64.7 Å². The first-order chi connectivity index (χ1) is 4.54. The third-order valence-corrected chi connectivity index (χ3v) is 6.62. The Balaban J connectivity index is 3.78. The van der Waals surface area contributed by atoms with Crippen molar-refractivity contribution in [2.75, 3.05) is 26.1 Å². The molecular formula is C8H21OP. The molecule has 0 aromatic carbocycles. The van der Waals surface area contributed by atoms with Gasteiger partial charge in [0.2, 0.25) is 0 Å². The van der Waals surface area contributed by atoms with Crippen LogP contribution in [0.4, 0.5) is 0 Å². The van der Waals surface area contributed by atoms with Crippen molar-refractivity contribution in [3.05, 3.63) is 0 Å². The standard InChI is InChI=1S/C8H21OP/c1-6-9-8(3)10(4,5)7-2/h8,10H,6-7H2,1-5H3. The molecule has 0 saturated heterocycles. The van der Waals surface area contributed by atoms with E-state index in [1.165, 1.54) is 6.16 Å². The van der Waals surface area contributed by atoms with E-state index in [0.717, 1.165) is 6.61 Å². The minimum absolute atomic E-state index is 0.516. The number of hydrogen-bond donors (Lipinski definition) is 0. The van der Waals surface area contributed by atoms with E-state index in [1.54, 1.807) is 0 Å². The summed E-state index contributed by atoms with van der Waals surface area (Å²) < 4.78 is 5.56. The van der Waals surface area contributed by atoms with Gasteiger partial charge in [0.05, 0.1) is 0 Å². The van der Waals surface area contributed by atoms with Crippen molar-refractivity contribution in [2.24, 2.45) is 0 Å². The molecule has 0 bridgehead atoms. The van der Waals surface area contributed by atoms with E-state index in [-0.39, 0.29) is 0 Å². The Morgan fingerprint density at radius 3 is 2.10 bits per heavy atom. The summed E-state index contributed by atoms with van der Waals surface area (Å²) in [6.45, 7) is 12.2. The molecule has 0 amide bonds. The Bertz CT molecular complexity index is 91.3. The molecular weight excluding hydrogens is 143 g/mol. The molecule has 0 aromatic heterocycles. The molecule has 0 N–H and O–H groups in total. The Morgan fingerprint density at radius 1 is 1.30 bits per heavy atom. The van der Waals surface area contributed by atoms with Crippen molar-refractivity contribution in [1.29, 1.82) is 0 Å². The van der Waals surface area contributed by atoms with Gasteiger partial charge in [-0.1, -0.05) is 0 Å². The van der Waals surface area contributed by atoms with E-state index in [0.29, 0.717) is 5.85 Å². The van der Waals surface area contributed by atoms with E-state index in [2.05, 4.69) is 34.1 Å². The first-order valence-corrected chi connectivity index (χ1v) is 7.44. The molecule has 0 saturated carbocycles. The molecule has 2 heteroatoms. The van der Waals surface area contributed by atoms with Gasteiger partial charge in [0, 0.05) is 0 Å². The Kier molecular flexibility index (Phi) is 4.47.